The van der Waals surface area contributed by atoms with Crippen molar-refractivity contribution in [2.75, 3.05) is 60.5 Å². The highest BCUT2D eigenvalue weighted by Crippen LogP contribution is 2.29. The maximum absolute atomic E-state index is 12.3. The number of nitrogens with one attached hydrogen (secondary N) is 3. The number of rotatable bonds is 6. The maximum atomic E-state index is 12.3. The van der Waals surface area contributed by atoms with Gasteiger partial charge >= 0.3 is 6.03 Å². The average molecular weight is 529 g/mol. The number of morpholine rings is 1. The molecule has 200 valence electrons. The summed E-state index contributed by atoms with van der Waals surface area (Å²) in [6, 6.07) is 14.7. The standard InChI is InChI=1S/C23H26N6O2S.C3H8.H2O2/c1-24-17-7-9-19(10-8-17)27-23(30)26-18-5-3-16(4-6-18)21-25-15-20(32-2)22(28-21)29-11-13-31-14-12-29;1-3-2;1-2/h3-10,15,24H,11-14H2,1-2H3,(H2,26,27,30);3H2,1-2H3;1-2H. The minimum Gasteiger partial charge on any atom is -0.388 e. The predicted octanol–water partition coefficient (Wildman–Crippen LogP) is 5.82. The van der Waals surface area contributed by atoms with Crippen LogP contribution in [-0.4, -0.2) is 66.1 Å². The summed E-state index contributed by atoms with van der Waals surface area (Å²) in [6.45, 7) is 7.30. The summed E-state index contributed by atoms with van der Waals surface area (Å²) in [6.07, 6.45) is 5.15. The zero-order valence-electron chi connectivity index (χ0n) is 21.7. The van der Waals surface area contributed by atoms with E-state index < -0.39 is 0 Å². The van der Waals surface area contributed by atoms with E-state index in [4.69, 9.17) is 20.2 Å². The van der Waals surface area contributed by atoms with Gasteiger partial charge in [-0.25, -0.2) is 14.8 Å². The first kappa shape index (κ1) is 29.8. The molecule has 2 heterocycles. The molecule has 1 saturated heterocycles. The number of hydrogen-bond acceptors (Lipinski definition) is 9. The van der Waals surface area contributed by atoms with Gasteiger partial charge in [-0.1, -0.05) is 20.3 Å². The second-order valence-corrected chi connectivity index (χ2v) is 8.72. The average Bonchev–Trinajstić information content (AvgIpc) is 2.95. The molecule has 1 aromatic heterocycles. The highest BCUT2D eigenvalue weighted by Gasteiger charge is 2.18. The van der Waals surface area contributed by atoms with Crippen LogP contribution in [0.15, 0.2) is 59.6 Å². The van der Waals surface area contributed by atoms with Crippen molar-refractivity contribution in [3.05, 3.63) is 54.7 Å². The Hall–Kier alpha value is -3.38. The fourth-order valence-electron chi connectivity index (χ4n) is 3.36. The van der Waals surface area contributed by atoms with Gasteiger partial charge in [0.2, 0.25) is 0 Å². The molecule has 5 N–H and O–H groups in total. The lowest BCUT2D eigenvalue weighted by Gasteiger charge is -2.29. The Bertz CT molecular complexity index is 1080. The van der Waals surface area contributed by atoms with Crippen molar-refractivity contribution in [1.29, 1.82) is 0 Å². The first-order valence-corrected chi connectivity index (χ1v) is 13.2. The number of aromatic nitrogens is 2. The first-order valence-electron chi connectivity index (χ1n) is 12.0. The third kappa shape index (κ3) is 9.21. The Morgan fingerprint density at radius 3 is 2.00 bits per heavy atom. The van der Waals surface area contributed by atoms with Gasteiger partial charge in [0.25, 0.3) is 0 Å². The van der Waals surface area contributed by atoms with E-state index >= 15 is 0 Å². The van der Waals surface area contributed by atoms with Crippen molar-refractivity contribution >= 4 is 40.7 Å². The number of carbonyl (C=O) groups excluding carboxylic acids is 1. The smallest absolute Gasteiger partial charge is 0.323 e. The summed E-state index contributed by atoms with van der Waals surface area (Å²) in [4.78, 5) is 25.0. The van der Waals surface area contributed by atoms with Crippen LogP contribution in [0.2, 0.25) is 0 Å². The lowest BCUT2D eigenvalue weighted by Crippen LogP contribution is -2.37. The number of ether oxygens (including phenoxy) is 1. The molecule has 1 aliphatic rings. The van der Waals surface area contributed by atoms with Crippen LogP contribution in [0.5, 0.6) is 0 Å². The maximum Gasteiger partial charge on any atom is 0.323 e. The number of nitrogens with zero attached hydrogens (tertiary/aromatic N) is 3. The Kier molecular flexibility index (Phi) is 13.2. The number of thioether (sulfide) groups is 1. The lowest BCUT2D eigenvalue weighted by atomic mass is 10.2. The van der Waals surface area contributed by atoms with Crippen LogP contribution < -0.4 is 20.9 Å². The summed E-state index contributed by atoms with van der Waals surface area (Å²) < 4.78 is 5.47. The van der Waals surface area contributed by atoms with Crippen LogP contribution in [0.1, 0.15) is 20.3 Å². The number of benzene rings is 2. The van der Waals surface area contributed by atoms with Crippen LogP contribution in [0.25, 0.3) is 11.4 Å². The molecule has 0 spiro atoms. The summed E-state index contributed by atoms with van der Waals surface area (Å²) in [5.41, 5.74) is 3.28. The molecule has 1 fully saturated rings. The summed E-state index contributed by atoms with van der Waals surface area (Å²) in [7, 11) is 1.85. The van der Waals surface area contributed by atoms with E-state index in [1.807, 2.05) is 68.0 Å². The molecule has 0 radical (unpaired) electrons. The number of hydrogen-bond donors (Lipinski definition) is 5. The van der Waals surface area contributed by atoms with Gasteiger partial charge in [-0.2, -0.15) is 0 Å². The van der Waals surface area contributed by atoms with E-state index in [0.29, 0.717) is 24.7 Å². The summed E-state index contributed by atoms with van der Waals surface area (Å²) >= 11 is 1.64. The topological polar surface area (TPSA) is 132 Å². The van der Waals surface area contributed by atoms with Gasteiger partial charge < -0.3 is 25.6 Å². The molecule has 4 rings (SSSR count). The van der Waals surface area contributed by atoms with Crippen LogP contribution in [0.3, 0.4) is 0 Å². The first-order chi connectivity index (χ1) is 18.1. The van der Waals surface area contributed by atoms with Crippen molar-refractivity contribution in [3.8, 4) is 11.4 Å². The Balaban J connectivity index is 0.000000898. The second-order valence-electron chi connectivity index (χ2n) is 7.88. The van der Waals surface area contributed by atoms with E-state index in [1.165, 1.54) is 6.42 Å². The largest absolute Gasteiger partial charge is 0.388 e. The minimum absolute atomic E-state index is 0.301. The van der Waals surface area contributed by atoms with Gasteiger partial charge in [-0.15, -0.1) is 11.8 Å². The zero-order valence-corrected chi connectivity index (χ0v) is 22.5. The van der Waals surface area contributed by atoms with Gasteiger partial charge in [0, 0.05) is 49.0 Å². The number of carbonyl (C=O) groups is 1. The highest BCUT2D eigenvalue weighted by atomic mass is 32.2. The second kappa shape index (κ2) is 16.4. The van der Waals surface area contributed by atoms with Crippen LogP contribution in [0, 0.1) is 0 Å². The van der Waals surface area contributed by atoms with Crippen LogP contribution in [-0.2, 0) is 4.74 Å². The van der Waals surface area contributed by atoms with Crippen LogP contribution >= 0.6 is 11.8 Å². The molecule has 10 nitrogen and oxygen atoms in total. The van der Waals surface area contributed by atoms with E-state index in [0.717, 1.165) is 40.7 Å². The number of urea groups is 1. The summed E-state index contributed by atoms with van der Waals surface area (Å²) in [5, 5.41) is 20.7. The van der Waals surface area contributed by atoms with Crippen molar-refractivity contribution in [2.45, 2.75) is 25.2 Å². The minimum atomic E-state index is -0.301. The van der Waals surface area contributed by atoms with E-state index in [1.54, 1.807) is 11.8 Å². The number of amides is 2. The van der Waals surface area contributed by atoms with Crippen molar-refractivity contribution in [3.63, 3.8) is 0 Å². The Morgan fingerprint density at radius 1 is 0.973 bits per heavy atom. The monoisotopic (exact) mass is 528 g/mol. The molecule has 0 saturated carbocycles. The fourth-order valence-corrected chi connectivity index (χ4v) is 3.88. The molecular formula is C26H36N6O4S. The zero-order chi connectivity index (χ0) is 27.0. The molecule has 0 unspecified atom stereocenters. The quantitative estimate of drug-likeness (QED) is 0.152. The normalized spacial score (nSPS) is 12.3. The third-order valence-corrected chi connectivity index (χ3v) is 5.83. The molecule has 11 heteroatoms. The molecule has 0 atom stereocenters. The highest BCUT2D eigenvalue weighted by molar-refractivity contribution is 7.98. The van der Waals surface area contributed by atoms with Gasteiger partial charge in [0.1, 0.15) is 5.82 Å². The molecule has 0 aliphatic carbocycles. The molecule has 37 heavy (non-hydrogen) atoms. The molecular weight excluding hydrogens is 492 g/mol. The van der Waals surface area contributed by atoms with Crippen molar-refractivity contribution in [2.24, 2.45) is 0 Å². The van der Waals surface area contributed by atoms with Gasteiger partial charge in [-0.3, -0.25) is 10.5 Å². The SMILES string of the molecule is CCC.CNc1ccc(NC(=O)Nc2ccc(-c3ncc(SC)c(N4CCOCC4)n3)cc2)cc1.OO. The Morgan fingerprint density at radius 2 is 1.49 bits per heavy atom. The lowest BCUT2D eigenvalue weighted by molar-refractivity contribution is -0.176. The van der Waals surface area contributed by atoms with E-state index in [-0.39, 0.29) is 6.03 Å². The molecule has 0 bridgehead atoms. The fraction of sp³-hybridized carbons (Fsp3) is 0.346. The molecule has 2 aromatic carbocycles. The van der Waals surface area contributed by atoms with E-state index in [2.05, 4.69) is 39.7 Å². The summed E-state index contributed by atoms with van der Waals surface area (Å²) in [5.74, 6) is 1.60. The van der Waals surface area contributed by atoms with E-state index in [9.17, 15) is 4.79 Å². The van der Waals surface area contributed by atoms with Crippen LogP contribution in [0.4, 0.5) is 27.7 Å². The molecule has 1 aliphatic heterocycles. The van der Waals surface area contributed by atoms with Gasteiger partial charge in [0.15, 0.2) is 5.82 Å². The molecule has 2 amide bonds. The third-order valence-electron chi connectivity index (χ3n) is 5.10. The molecule has 3 aromatic rings. The Labute approximate surface area is 222 Å². The van der Waals surface area contributed by atoms with Crippen molar-refractivity contribution < 1.29 is 20.0 Å². The number of anilines is 4. The predicted molar refractivity (Wildman–Crippen MR) is 152 cm³/mol. The van der Waals surface area contributed by atoms with Gasteiger partial charge in [0.05, 0.1) is 18.1 Å². The van der Waals surface area contributed by atoms with Gasteiger partial charge in [-0.05, 0) is 54.8 Å². The van der Waals surface area contributed by atoms with Crippen molar-refractivity contribution in [1.82, 2.24) is 9.97 Å².